The minimum atomic E-state index is -0.102. The van der Waals surface area contributed by atoms with E-state index in [1.807, 2.05) is 25.7 Å². The fraction of sp³-hybridized carbons (Fsp3) is 0.769. The summed E-state index contributed by atoms with van der Waals surface area (Å²) < 4.78 is 7.15. The van der Waals surface area contributed by atoms with Gasteiger partial charge in [0.15, 0.2) is 0 Å². The number of likely N-dealkylation sites (N-methyl/N-ethyl adjacent to an activating group) is 1. The van der Waals surface area contributed by atoms with E-state index < -0.39 is 0 Å². The van der Waals surface area contributed by atoms with Gasteiger partial charge in [-0.05, 0) is 33.9 Å². The lowest BCUT2D eigenvalue weighted by Crippen LogP contribution is -2.23. The zero-order chi connectivity index (χ0) is 14.4. The van der Waals surface area contributed by atoms with E-state index in [1.165, 1.54) is 0 Å². The standard InChI is InChI=1S/C13H25ClN4O/c1-10(19-4)5-6-12(15)13-11(14)9-16-18(13)8-7-17(2)3/h9-10,12H,5-8,15H2,1-4H3. The highest BCUT2D eigenvalue weighted by atomic mass is 35.5. The molecule has 0 fully saturated rings. The predicted octanol–water partition coefficient (Wildman–Crippen LogP) is 1.91. The van der Waals surface area contributed by atoms with Crippen molar-refractivity contribution in [2.24, 2.45) is 5.73 Å². The van der Waals surface area contributed by atoms with Crippen molar-refractivity contribution in [3.8, 4) is 0 Å². The molecule has 0 saturated heterocycles. The first kappa shape index (κ1) is 16.4. The van der Waals surface area contributed by atoms with Crippen LogP contribution in [0, 0.1) is 0 Å². The molecule has 1 heterocycles. The molecular weight excluding hydrogens is 264 g/mol. The Labute approximate surface area is 120 Å². The van der Waals surface area contributed by atoms with Crippen molar-refractivity contribution in [1.29, 1.82) is 0 Å². The van der Waals surface area contributed by atoms with Gasteiger partial charge in [0.2, 0.25) is 0 Å². The molecule has 0 aliphatic rings. The summed E-state index contributed by atoms with van der Waals surface area (Å²) in [4.78, 5) is 2.11. The van der Waals surface area contributed by atoms with Crippen molar-refractivity contribution >= 4 is 11.6 Å². The molecule has 2 unspecified atom stereocenters. The van der Waals surface area contributed by atoms with E-state index in [1.54, 1.807) is 13.3 Å². The molecule has 0 bridgehead atoms. The molecule has 2 atom stereocenters. The maximum absolute atomic E-state index is 6.24. The molecule has 5 nitrogen and oxygen atoms in total. The van der Waals surface area contributed by atoms with Crippen LogP contribution in [-0.2, 0) is 11.3 Å². The van der Waals surface area contributed by atoms with Crippen LogP contribution in [0.4, 0.5) is 0 Å². The fourth-order valence-corrected chi connectivity index (χ4v) is 2.16. The Bertz CT molecular complexity index is 381. The van der Waals surface area contributed by atoms with Crippen molar-refractivity contribution in [2.45, 2.75) is 38.5 Å². The molecule has 2 N–H and O–H groups in total. The van der Waals surface area contributed by atoms with Crippen LogP contribution in [0.1, 0.15) is 31.5 Å². The number of ether oxygens (including phenoxy) is 1. The number of hydrogen-bond acceptors (Lipinski definition) is 4. The van der Waals surface area contributed by atoms with Crippen LogP contribution in [-0.4, -0.2) is 48.5 Å². The van der Waals surface area contributed by atoms with Gasteiger partial charge in [0.05, 0.1) is 29.6 Å². The number of nitrogens with zero attached hydrogens (tertiary/aromatic N) is 3. The second-order valence-electron chi connectivity index (χ2n) is 5.13. The topological polar surface area (TPSA) is 56.3 Å². The molecule has 0 aromatic carbocycles. The van der Waals surface area contributed by atoms with Gasteiger partial charge in [-0.2, -0.15) is 5.10 Å². The zero-order valence-electron chi connectivity index (χ0n) is 12.3. The molecule has 0 saturated carbocycles. The fourth-order valence-electron chi connectivity index (χ4n) is 1.88. The van der Waals surface area contributed by atoms with E-state index in [9.17, 15) is 0 Å². The van der Waals surface area contributed by atoms with Gasteiger partial charge in [-0.1, -0.05) is 11.6 Å². The molecule has 0 amide bonds. The molecule has 1 aromatic rings. The molecule has 0 spiro atoms. The van der Waals surface area contributed by atoms with Gasteiger partial charge in [-0.15, -0.1) is 0 Å². The monoisotopic (exact) mass is 288 g/mol. The summed E-state index contributed by atoms with van der Waals surface area (Å²) in [5.74, 6) is 0. The number of hydrogen-bond donors (Lipinski definition) is 1. The molecular formula is C13H25ClN4O. The van der Waals surface area contributed by atoms with Gasteiger partial charge in [-0.25, -0.2) is 0 Å². The first-order chi connectivity index (χ1) is 8.95. The summed E-state index contributed by atoms with van der Waals surface area (Å²) in [6.45, 7) is 3.74. The Morgan fingerprint density at radius 3 is 2.74 bits per heavy atom. The molecule has 0 radical (unpaired) electrons. The number of methoxy groups -OCH3 is 1. The number of nitrogens with two attached hydrogens (primary N) is 1. The third kappa shape index (κ3) is 5.10. The molecule has 1 rings (SSSR count). The number of halogens is 1. The average molecular weight is 289 g/mol. The van der Waals surface area contributed by atoms with Crippen LogP contribution < -0.4 is 5.73 Å². The van der Waals surface area contributed by atoms with E-state index in [2.05, 4.69) is 10.00 Å². The SMILES string of the molecule is COC(C)CCC(N)c1c(Cl)cnn1CCN(C)C. The highest BCUT2D eigenvalue weighted by Crippen LogP contribution is 2.25. The highest BCUT2D eigenvalue weighted by Gasteiger charge is 2.17. The van der Waals surface area contributed by atoms with Crippen molar-refractivity contribution in [1.82, 2.24) is 14.7 Å². The zero-order valence-corrected chi connectivity index (χ0v) is 13.0. The summed E-state index contributed by atoms with van der Waals surface area (Å²) in [5, 5.41) is 4.95. The van der Waals surface area contributed by atoms with Crippen LogP contribution in [0.25, 0.3) is 0 Å². The van der Waals surface area contributed by atoms with E-state index in [-0.39, 0.29) is 12.1 Å². The number of rotatable bonds is 8. The summed E-state index contributed by atoms with van der Waals surface area (Å²) in [6.07, 6.45) is 3.63. The minimum Gasteiger partial charge on any atom is -0.382 e. The van der Waals surface area contributed by atoms with Crippen molar-refractivity contribution < 1.29 is 4.74 Å². The lowest BCUT2D eigenvalue weighted by atomic mass is 10.1. The second kappa shape index (κ2) is 7.85. The van der Waals surface area contributed by atoms with Crippen molar-refractivity contribution in [3.05, 3.63) is 16.9 Å². The van der Waals surface area contributed by atoms with E-state index in [0.29, 0.717) is 5.02 Å². The van der Waals surface area contributed by atoms with E-state index >= 15 is 0 Å². The average Bonchev–Trinajstić information content (AvgIpc) is 2.74. The Kier molecular flexibility index (Phi) is 6.79. The minimum absolute atomic E-state index is 0.102. The Morgan fingerprint density at radius 1 is 1.47 bits per heavy atom. The second-order valence-corrected chi connectivity index (χ2v) is 5.54. The lowest BCUT2D eigenvalue weighted by molar-refractivity contribution is 0.107. The first-order valence-corrected chi connectivity index (χ1v) is 6.97. The molecule has 110 valence electrons. The molecule has 0 aliphatic heterocycles. The van der Waals surface area contributed by atoms with Gasteiger partial charge in [-0.3, -0.25) is 4.68 Å². The highest BCUT2D eigenvalue weighted by molar-refractivity contribution is 6.31. The van der Waals surface area contributed by atoms with Crippen molar-refractivity contribution in [2.75, 3.05) is 27.7 Å². The maximum atomic E-state index is 6.24. The van der Waals surface area contributed by atoms with Gasteiger partial charge in [0.1, 0.15) is 0 Å². The lowest BCUT2D eigenvalue weighted by Gasteiger charge is -2.18. The smallest absolute Gasteiger partial charge is 0.0834 e. The summed E-state index contributed by atoms with van der Waals surface area (Å²) in [5.41, 5.74) is 7.16. The van der Waals surface area contributed by atoms with Crippen LogP contribution in [0.5, 0.6) is 0 Å². The van der Waals surface area contributed by atoms with Crippen molar-refractivity contribution in [3.63, 3.8) is 0 Å². The van der Waals surface area contributed by atoms with Gasteiger partial charge in [0, 0.05) is 19.7 Å². The van der Waals surface area contributed by atoms with Crippen LogP contribution in [0.2, 0.25) is 5.02 Å². The normalized spacial score (nSPS) is 14.9. The van der Waals surface area contributed by atoms with Crippen LogP contribution in [0.15, 0.2) is 6.20 Å². The molecule has 0 aliphatic carbocycles. The quantitative estimate of drug-likeness (QED) is 0.794. The third-order valence-electron chi connectivity index (χ3n) is 3.23. The Hall–Kier alpha value is -0.620. The summed E-state index contributed by atoms with van der Waals surface area (Å²) in [7, 11) is 5.78. The summed E-state index contributed by atoms with van der Waals surface area (Å²) in [6, 6.07) is -0.102. The van der Waals surface area contributed by atoms with E-state index in [0.717, 1.165) is 31.6 Å². The van der Waals surface area contributed by atoms with Crippen LogP contribution >= 0.6 is 11.6 Å². The van der Waals surface area contributed by atoms with Gasteiger partial charge < -0.3 is 15.4 Å². The molecule has 19 heavy (non-hydrogen) atoms. The van der Waals surface area contributed by atoms with Gasteiger partial charge in [0.25, 0.3) is 0 Å². The van der Waals surface area contributed by atoms with Gasteiger partial charge >= 0.3 is 0 Å². The largest absolute Gasteiger partial charge is 0.382 e. The van der Waals surface area contributed by atoms with Crippen LogP contribution in [0.3, 0.4) is 0 Å². The third-order valence-corrected chi connectivity index (χ3v) is 3.52. The molecule has 6 heteroatoms. The summed E-state index contributed by atoms with van der Waals surface area (Å²) >= 11 is 6.20. The maximum Gasteiger partial charge on any atom is 0.0834 e. The van der Waals surface area contributed by atoms with E-state index in [4.69, 9.17) is 22.1 Å². The first-order valence-electron chi connectivity index (χ1n) is 6.60. The number of aromatic nitrogens is 2. The predicted molar refractivity (Wildman–Crippen MR) is 78.4 cm³/mol. The Morgan fingerprint density at radius 2 is 2.16 bits per heavy atom. The molecule has 1 aromatic heterocycles. The Balaban J connectivity index is 2.66.